The molecule has 0 aliphatic carbocycles. The lowest BCUT2D eigenvalue weighted by Gasteiger charge is -2.12. The summed E-state index contributed by atoms with van der Waals surface area (Å²) < 4.78 is 4.73. The summed E-state index contributed by atoms with van der Waals surface area (Å²) in [5.41, 5.74) is 27.9. The Kier molecular flexibility index (Phi) is 14.5. The molecule has 0 atom stereocenters. The van der Waals surface area contributed by atoms with E-state index in [9.17, 15) is 0 Å². The second kappa shape index (κ2) is 24.7. The number of fused-ring (bicyclic) bond motifs is 6. The van der Waals surface area contributed by atoms with Gasteiger partial charge in [-0.3, -0.25) is 0 Å². The van der Waals surface area contributed by atoms with E-state index in [0.29, 0.717) is 17.5 Å². The number of nitrogens with zero attached hydrogens (tertiary/aromatic N) is 5. The molecule has 3 aromatic heterocycles. The van der Waals surface area contributed by atoms with Gasteiger partial charge in [0.2, 0.25) is 0 Å². The van der Waals surface area contributed by atoms with Crippen molar-refractivity contribution in [3.63, 3.8) is 0 Å². The molecular formula is C93H61N5. The minimum Gasteiger partial charge on any atom is -0.309 e. The Morgan fingerprint density at radius 3 is 0.633 bits per heavy atom. The number of rotatable bonds is 13. The fourth-order valence-electron chi connectivity index (χ4n) is 14.3. The highest BCUT2D eigenvalue weighted by molar-refractivity contribution is 6.10. The van der Waals surface area contributed by atoms with E-state index >= 15 is 0 Å². The number of hydrogen-bond acceptors (Lipinski definition) is 3. The van der Waals surface area contributed by atoms with Crippen molar-refractivity contribution in [2.75, 3.05) is 0 Å². The summed E-state index contributed by atoms with van der Waals surface area (Å²) in [4.78, 5) is 16.0. The van der Waals surface area contributed by atoms with Crippen LogP contribution in [0.25, 0.3) is 178 Å². The Morgan fingerprint density at radius 2 is 0.337 bits per heavy atom. The van der Waals surface area contributed by atoms with Crippen LogP contribution in [-0.4, -0.2) is 24.1 Å². The maximum atomic E-state index is 5.35. The van der Waals surface area contributed by atoms with Crippen molar-refractivity contribution in [2.24, 2.45) is 0 Å². The number of aromatic nitrogens is 5. The SMILES string of the molecule is c1ccc(-c2cccc(-c3cccc(-c4cccc(-c5ccc(-c6nc(-c7cccc(-c8cccc(-c9ccc(-n%10c%11ccccc%11c%11ccccc%11%10)cc9)c8)c7)nc(-c7cccc(-c8cccc(-c9ccc(-n%10c%11ccccc%11c%11ccccc%11%10)cc9)c8)c7)n6)cc5)c4)c3)c2)cc1. The second-order valence-corrected chi connectivity index (χ2v) is 25.1. The molecule has 0 fully saturated rings. The van der Waals surface area contributed by atoms with E-state index in [2.05, 4.69) is 379 Å². The molecule has 0 amide bonds. The fourth-order valence-corrected chi connectivity index (χ4v) is 14.3. The van der Waals surface area contributed by atoms with Crippen LogP contribution >= 0.6 is 0 Å². The van der Waals surface area contributed by atoms with Crippen LogP contribution in [-0.2, 0) is 0 Å². The Hall–Kier alpha value is -13.1. The molecule has 0 bridgehead atoms. The van der Waals surface area contributed by atoms with E-state index in [4.69, 9.17) is 15.0 Å². The maximum absolute atomic E-state index is 5.35. The van der Waals surface area contributed by atoms with Gasteiger partial charge in [0.05, 0.1) is 22.1 Å². The van der Waals surface area contributed by atoms with Gasteiger partial charge < -0.3 is 9.13 Å². The van der Waals surface area contributed by atoms with E-state index < -0.39 is 0 Å². The third-order valence-electron chi connectivity index (χ3n) is 19.2. The third-order valence-corrected chi connectivity index (χ3v) is 19.2. The molecular weight excluding hydrogens is 1190 g/mol. The van der Waals surface area contributed by atoms with E-state index in [1.54, 1.807) is 0 Å². The highest BCUT2D eigenvalue weighted by Crippen LogP contribution is 2.39. The second-order valence-electron chi connectivity index (χ2n) is 25.1. The molecule has 3 heterocycles. The number of para-hydroxylation sites is 4. The lowest BCUT2D eigenvalue weighted by Crippen LogP contribution is -2.00. The molecule has 0 saturated heterocycles. The summed E-state index contributed by atoms with van der Waals surface area (Å²) in [6.07, 6.45) is 0. The summed E-state index contributed by atoms with van der Waals surface area (Å²) in [5, 5.41) is 5.00. The van der Waals surface area contributed by atoms with Gasteiger partial charge in [-0.2, -0.15) is 0 Å². The zero-order valence-electron chi connectivity index (χ0n) is 53.5. The third kappa shape index (κ3) is 10.8. The first-order chi connectivity index (χ1) is 48.5. The summed E-state index contributed by atoms with van der Waals surface area (Å²) in [6, 6.07) is 133. The molecule has 458 valence electrons. The molecule has 0 radical (unpaired) electrons. The molecule has 5 nitrogen and oxygen atoms in total. The van der Waals surface area contributed by atoms with Gasteiger partial charge in [0, 0.05) is 49.6 Å². The van der Waals surface area contributed by atoms with Crippen LogP contribution in [0, 0.1) is 0 Å². The van der Waals surface area contributed by atoms with Gasteiger partial charge in [0.25, 0.3) is 0 Å². The molecule has 0 aliphatic rings. The Morgan fingerprint density at radius 1 is 0.143 bits per heavy atom. The minimum atomic E-state index is 0.589. The first-order valence-corrected chi connectivity index (χ1v) is 33.4. The zero-order chi connectivity index (χ0) is 64.9. The van der Waals surface area contributed by atoms with Gasteiger partial charge in [-0.05, 0) is 180 Å². The molecule has 0 aliphatic heterocycles. The van der Waals surface area contributed by atoms with E-state index in [-0.39, 0.29) is 0 Å². The van der Waals surface area contributed by atoms with Crippen LogP contribution in [0.5, 0.6) is 0 Å². The molecule has 0 unspecified atom stereocenters. The molecule has 18 aromatic rings. The zero-order valence-corrected chi connectivity index (χ0v) is 53.5. The van der Waals surface area contributed by atoms with Crippen molar-refractivity contribution < 1.29 is 0 Å². The molecule has 5 heteroatoms. The number of benzene rings is 15. The van der Waals surface area contributed by atoms with Crippen molar-refractivity contribution in [3.05, 3.63) is 370 Å². The topological polar surface area (TPSA) is 48.5 Å². The predicted octanol–water partition coefficient (Wildman–Crippen LogP) is 24.4. The van der Waals surface area contributed by atoms with Gasteiger partial charge >= 0.3 is 0 Å². The van der Waals surface area contributed by atoms with Gasteiger partial charge in [0.1, 0.15) is 0 Å². The summed E-state index contributed by atoms with van der Waals surface area (Å²) in [5.74, 6) is 1.77. The van der Waals surface area contributed by atoms with Crippen LogP contribution in [0.3, 0.4) is 0 Å². The van der Waals surface area contributed by atoms with Crippen molar-refractivity contribution in [3.8, 4) is 135 Å². The van der Waals surface area contributed by atoms with Crippen LogP contribution < -0.4 is 0 Å². The van der Waals surface area contributed by atoms with E-state index in [1.807, 2.05) is 0 Å². The highest BCUT2D eigenvalue weighted by Gasteiger charge is 2.18. The first kappa shape index (κ1) is 57.6. The lowest BCUT2D eigenvalue weighted by atomic mass is 9.94. The van der Waals surface area contributed by atoms with E-state index in [1.165, 1.54) is 65.9 Å². The average Bonchev–Trinajstić information content (AvgIpc) is 1.55. The average molecular weight is 1250 g/mol. The molecule has 0 spiro atoms. The summed E-state index contributed by atoms with van der Waals surface area (Å²) in [6.45, 7) is 0. The lowest BCUT2D eigenvalue weighted by molar-refractivity contribution is 1.07. The van der Waals surface area contributed by atoms with Crippen molar-refractivity contribution in [1.82, 2.24) is 24.1 Å². The quantitative estimate of drug-likeness (QED) is 0.116. The van der Waals surface area contributed by atoms with Gasteiger partial charge in [-0.1, -0.05) is 279 Å². The smallest absolute Gasteiger partial charge is 0.164 e. The van der Waals surface area contributed by atoms with Crippen LogP contribution in [0.15, 0.2) is 370 Å². The van der Waals surface area contributed by atoms with Gasteiger partial charge in [-0.25, -0.2) is 15.0 Å². The highest BCUT2D eigenvalue weighted by atomic mass is 15.0. The van der Waals surface area contributed by atoms with Crippen molar-refractivity contribution in [1.29, 1.82) is 0 Å². The maximum Gasteiger partial charge on any atom is 0.164 e. The van der Waals surface area contributed by atoms with Crippen LogP contribution in [0.2, 0.25) is 0 Å². The predicted molar refractivity (Wildman–Crippen MR) is 408 cm³/mol. The largest absolute Gasteiger partial charge is 0.309 e. The number of hydrogen-bond donors (Lipinski definition) is 0. The first-order valence-electron chi connectivity index (χ1n) is 33.4. The summed E-state index contributed by atoms with van der Waals surface area (Å²) in [7, 11) is 0. The molecule has 0 saturated carbocycles. The van der Waals surface area contributed by atoms with Crippen LogP contribution in [0.4, 0.5) is 0 Å². The van der Waals surface area contributed by atoms with Gasteiger partial charge in [-0.15, -0.1) is 0 Å². The Labute approximate surface area is 568 Å². The Bertz CT molecular complexity index is 5670. The molecule has 0 N–H and O–H groups in total. The fraction of sp³-hybridized carbons (Fsp3) is 0. The summed E-state index contributed by atoms with van der Waals surface area (Å²) >= 11 is 0. The van der Waals surface area contributed by atoms with Crippen molar-refractivity contribution in [2.45, 2.75) is 0 Å². The molecule has 18 rings (SSSR count). The van der Waals surface area contributed by atoms with E-state index in [0.717, 1.165) is 94.8 Å². The van der Waals surface area contributed by atoms with Crippen molar-refractivity contribution >= 4 is 43.6 Å². The molecule has 15 aromatic carbocycles. The minimum absolute atomic E-state index is 0.589. The Balaban J connectivity index is 0.674. The van der Waals surface area contributed by atoms with Gasteiger partial charge in [0.15, 0.2) is 17.5 Å². The monoisotopic (exact) mass is 1250 g/mol. The molecule has 98 heavy (non-hydrogen) atoms. The standard InChI is InChI=1S/C93H61N5/c1-2-19-62(20-3-1)67-21-12-25-71(55-67)75-29-16-30-76(59-75)72-26-13-22-68(56-72)63-43-45-66(46-44-63)91-94-92(79-33-17-31-77(60-79)73-27-14-23-69(57-73)64-47-51-81(52-48-64)97-87-39-8-4-35-83(87)84-36-5-9-40-88(84)97)96-93(95-91)80-34-18-32-78(61-80)74-28-15-24-70(58-74)65-49-53-82(54-50-65)98-89-41-10-6-37-85(89)86-38-7-11-42-90(86)98/h1-61H. The normalized spacial score (nSPS) is 11.5. The van der Waals surface area contributed by atoms with Crippen LogP contribution in [0.1, 0.15) is 0 Å².